The van der Waals surface area contributed by atoms with Crippen molar-refractivity contribution in [1.29, 1.82) is 0 Å². The van der Waals surface area contributed by atoms with Crippen molar-refractivity contribution >= 4 is 11.9 Å². The molecular formula is C7H12N2O4. The van der Waals surface area contributed by atoms with Crippen molar-refractivity contribution in [2.45, 2.75) is 6.04 Å². The van der Waals surface area contributed by atoms with Crippen LogP contribution in [0.3, 0.4) is 0 Å². The molecule has 1 amide bonds. The summed E-state index contributed by atoms with van der Waals surface area (Å²) in [5, 5.41) is 19.8. The van der Waals surface area contributed by atoms with Gasteiger partial charge in [-0.25, -0.2) is 0 Å². The first-order chi connectivity index (χ1) is 6.15. The molecule has 1 atom stereocenters. The third kappa shape index (κ3) is 2.40. The standard InChI is InChI=1S/C7H12N2O4/c10-2-1-9-4-6(11)8-3-5(9)7(12)13/h5,10H,1-4H2,(H,8,11)(H,12,13). The summed E-state index contributed by atoms with van der Waals surface area (Å²) in [6, 6.07) is -0.718. The van der Waals surface area contributed by atoms with E-state index >= 15 is 0 Å². The number of aliphatic carboxylic acids is 1. The Morgan fingerprint density at radius 2 is 2.38 bits per heavy atom. The number of hydrogen-bond acceptors (Lipinski definition) is 4. The number of amides is 1. The molecule has 13 heavy (non-hydrogen) atoms. The molecule has 0 spiro atoms. The zero-order valence-corrected chi connectivity index (χ0v) is 7.06. The largest absolute Gasteiger partial charge is 0.480 e. The number of aliphatic hydroxyl groups excluding tert-OH is 1. The highest BCUT2D eigenvalue weighted by Crippen LogP contribution is 2.03. The predicted molar refractivity (Wildman–Crippen MR) is 43.1 cm³/mol. The molecule has 6 nitrogen and oxygen atoms in total. The van der Waals surface area contributed by atoms with Crippen LogP contribution in [0.4, 0.5) is 0 Å². The van der Waals surface area contributed by atoms with Crippen LogP contribution in [-0.2, 0) is 9.59 Å². The van der Waals surface area contributed by atoms with Crippen LogP contribution in [0.25, 0.3) is 0 Å². The maximum absolute atomic E-state index is 10.9. The highest BCUT2D eigenvalue weighted by atomic mass is 16.4. The fourth-order valence-corrected chi connectivity index (χ4v) is 1.30. The van der Waals surface area contributed by atoms with Gasteiger partial charge < -0.3 is 15.5 Å². The molecule has 1 rings (SSSR count). The molecule has 0 aromatic rings. The number of carboxylic acid groups (broad SMARTS) is 1. The van der Waals surface area contributed by atoms with Crippen LogP contribution in [0.5, 0.6) is 0 Å². The zero-order valence-electron chi connectivity index (χ0n) is 7.06. The number of nitrogens with one attached hydrogen (secondary N) is 1. The van der Waals surface area contributed by atoms with E-state index in [2.05, 4.69) is 5.32 Å². The fraction of sp³-hybridized carbons (Fsp3) is 0.714. The van der Waals surface area contributed by atoms with Crippen molar-refractivity contribution < 1.29 is 19.8 Å². The van der Waals surface area contributed by atoms with Crippen molar-refractivity contribution in [3.05, 3.63) is 0 Å². The third-order valence-corrected chi connectivity index (χ3v) is 1.95. The van der Waals surface area contributed by atoms with Crippen LogP contribution in [0.2, 0.25) is 0 Å². The number of piperazine rings is 1. The first kappa shape index (κ1) is 9.94. The minimum absolute atomic E-state index is 0.0392. The van der Waals surface area contributed by atoms with Gasteiger partial charge in [-0.15, -0.1) is 0 Å². The van der Waals surface area contributed by atoms with E-state index in [0.717, 1.165) is 0 Å². The first-order valence-corrected chi connectivity index (χ1v) is 3.99. The maximum atomic E-state index is 10.9. The summed E-state index contributed by atoms with van der Waals surface area (Å²) in [6.07, 6.45) is 0. The lowest BCUT2D eigenvalue weighted by Gasteiger charge is -2.31. The lowest BCUT2D eigenvalue weighted by Crippen LogP contribution is -2.57. The molecule has 0 saturated carbocycles. The van der Waals surface area contributed by atoms with Crippen LogP contribution < -0.4 is 5.32 Å². The molecule has 0 radical (unpaired) electrons. The van der Waals surface area contributed by atoms with Gasteiger partial charge >= 0.3 is 5.97 Å². The molecule has 1 aliphatic rings. The Balaban J connectivity index is 2.60. The highest BCUT2D eigenvalue weighted by molar-refractivity contribution is 5.83. The van der Waals surface area contributed by atoms with Crippen LogP contribution in [-0.4, -0.2) is 59.3 Å². The number of nitrogens with zero attached hydrogens (tertiary/aromatic N) is 1. The highest BCUT2D eigenvalue weighted by Gasteiger charge is 2.30. The normalized spacial score (nSPS) is 24.1. The van der Waals surface area contributed by atoms with E-state index in [1.165, 1.54) is 4.90 Å². The molecule has 6 heteroatoms. The summed E-state index contributed by atoms with van der Waals surface area (Å²) in [4.78, 5) is 23.0. The van der Waals surface area contributed by atoms with Gasteiger partial charge in [0.2, 0.25) is 5.91 Å². The van der Waals surface area contributed by atoms with Gasteiger partial charge in [0.05, 0.1) is 13.2 Å². The minimum atomic E-state index is -0.978. The Morgan fingerprint density at radius 3 is 2.92 bits per heavy atom. The van der Waals surface area contributed by atoms with Crippen LogP contribution in [0.1, 0.15) is 0 Å². The number of hydrogen-bond donors (Lipinski definition) is 3. The van der Waals surface area contributed by atoms with Gasteiger partial charge in [-0.1, -0.05) is 0 Å². The molecule has 1 heterocycles. The van der Waals surface area contributed by atoms with Gasteiger partial charge in [0.25, 0.3) is 0 Å². The van der Waals surface area contributed by atoms with E-state index in [1.807, 2.05) is 0 Å². The number of rotatable bonds is 3. The Kier molecular flexibility index (Phi) is 3.21. The smallest absolute Gasteiger partial charge is 0.322 e. The summed E-state index contributed by atoms with van der Waals surface area (Å²) < 4.78 is 0. The molecule has 0 aromatic carbocycles. The van der Waals surface area contributed by atoms with Gasteiger partial charge in [-0.3, -0.25) is 14.5 Å². The van der Waals surface area contributed by atoms with E-state index in [9.17, 15) is 9.59 Å². The lowest BCUT2D eigenvalue weighted by atomic mass is 10.2. The van der Waals surface area contributed by atoms with Crippen LogP contribution >= 0.6 is 0 Å². The average Bonchev–Trinajstić information content (AvgIpc) is 2.04. The number of β-amino-alcohol motifs (C(OH)–C–C–N with tert-alkyl or cyclic N) is 1. The Bertz CT molecular complexity index is 219. The van der Waals surface area contributed by atoms with Crippen molar-refractivity contribution in [2.75, 3.05) is 26.2 Å². The summed E-state index contributed by atoms with van der Waals surface area (Å²) in [5.41, 5.74) is 0. The Labute approximate surface area is 75.1 Å². The number of aliphatic hydroxyl groups is 1. The van der Waals surface area contributed by atoms with Crippen molar-refractivity contribution in [3.63, 3.8) is 0 Å². The molecule has 74 valence electrons. The van der Waals surface area contributed by atoms with E-state index < -0.39 is 12.0 Å². The predicted octanol–water partition coefficient (Wildman–Crippen LogP) is -2.14. The van der Waals surface area contributed by atoms with Crippen LogP contribution in [0.15, 0.2) is 0 Å². The zero-order chi connectivity index (χ0) is 9.84. The van der Waals surface area contributed by atoms with Crippen LogP contribution in [0, 0.1) is 0 Å². The second-order valence-electron chi connectivity index (χ2n) is 2.85. The summed E-state index contributed by atoms with van der Waals surface area (Å²) >= 11 is 0. The molecule has 1 saturated heterocycles. The minimum Gasteiger partial charge on any atom is -0.480 e. The van der Waals surface area contributed by atoms with E-state index in [4.69, 9.17) is 10.2 Å². The van der Waals surface area contributed by atoms with Crippen molar-refractivity contribution in [1.82, 2.24) is 10.2 Å². The van der Waals surface area contributed by atoms with E-state index in [-0.39, 0.29) is 32.1 Å². The molecule has 0 aliphatic carbocycles. The molecule has 1 fully saturated rings. The van der Waals surface area contributed by atoms with E-state index in [1.54, 1.807) is 0 Å². The number of carbonyl (C=O) groups excluding carboxylic acids is 1. The third-order valence-electron chi connectivity index (χ3n) is 1.95. The molecule has 1 unspecified atom stereocenters. The number of carbonyl (C=O) groups is 2. The second kappa shape index (κ2) is 4.20. The lowest BCUT2D eigenvalue weighted by molar-refractivity contribution is -0.146. The van der Waals surface area contributed by atoms with Gasteiger partial charge in [0.1, 0.15) is 6.04 Å². The quantitative estimate of drug-likeness (QED) is 0.470. The Morgan fingerprint density at radius 1 is 1.69 bits per heavy atom. The molecule has 0 bridgehead atoms. The van der Waals surface area contributed by atoms with Crippen molar-refractivity contribution in [2.24, 2.45) is 0 Å². The maximum Gasteiger partial charge on any atom is 0.322 e. The first-order valence-electron chi connectivity index (χ1n) is 3.99. The average molecular weight is 188 g/mol. The fourth-order valence-electron chi connectivity index (χ4n) is 1.30. The van der Waals surface area contributed by atoms with Crippen molar-refractivity contribution in [3.8, 4) is 0 Å². The van der Waals surface area contributed by atoms with Gasteiger partial charge in [0.15, 0.2) is 0 Å². The van der Waals surface area contributed by atoms with E-state index in [0.29, 0.717) is 0 Å². The molecular weight excluding hydrogens is 176 g/mol. The van der Waals surface area contributed by atoms with Gasteiger partial charge in [-0.05, 0) is 0 Å². The van der Waals surface area contributed by atoms with Gasteiger partial charge in [0, 0.05) is 13.1 Å². The van der Waals surface area contributed by atoms with Gasteiger partial charge in [-0.2, -0.15) is 0 Å². The number of carboxylic acids is 1. The monoisotopic (exact) mass is 188 g/mol. The molecule has 0 aromatic heterocycles. The molecule has 1 aliphatic heterocycles. The SMILES string of the molecule is O=C1CN(CCO)C(C(=O)O)CN1. The summed E-state index contributed by atoms with van der Waals surface area (Å²) in [5.74, 6) is -1.18. The molecule has 3 N–H and O–H groups in total. The topological polar surface area (TPSA) is 89.9 Å². The summed E-state index contributed by atoms with van der Waals surface area (Å²) in [7, 11) is 0. The summed E-state index contributed by atoms with van der Waals surface area (Å²) in [6.45, 7) is 0.215. The Hall–Kier alpha value is -1.14. The second-order valence-corrected chi connectivity index (χ2v) is 2.85.